The number of hydrogen-bond donors (Lipinski definition) is 0. The molecular formula is C18H18N6O2. The second-order valence-electron chi connectivity index (χ2n) is 6.04. The van der Waals surface area contributed by atoms with E-state index in [2.05, 4.69) is 20.2 Å². The van der Waals surface area contributed by atoms with Crippen LogP contribution in [0.2, 0.25) is 0 Å². The van der Waals surface area contributed by atoms with E-state index in [1.165, 1.54) is 17.3 Å². The van der Waals surface area contributed by atoms with Gasteiger partial charge in [0.05, 0.1) is 18.4 Å². The zero-order chi connectivity index (χ0) is 17.8. The normalized spacial score (nSPS) is 17.1. The molecular weight excluding hydrogens is 332 g/mol. The van der Waals surface area contributed by atoms with Crippen molar-refractivity contribution in [3.8, 4) is 11.6 Å². The first-order valence-corrected chi connectivity index (χ1v) is 8.49. The van der Waals surface area contributed by atoms with Crippen LogP contribution in [0.25, 0.3) is 5.69 Å². The van der Waals surface area contributed by atoms with Gasteiger partial charge >= 0.3 is 0 Å². The van der Waals surface area contributed by atoms with Gasteiger partial charge < -0.3 is 9.64 Å². The van der Waals surface area contributed by atoms with Crippen LogP contribution in [-0.2, 0) is 0 Å². The lowest BCUT2D eigenvalue weighted by atomic mass is 10.1. The van der Waals surface area contributed by atoms with E-state index >= 15 is 0 Å². The predicted molar refractivity (Wildman–Crippen MR) is 92.9 cm³/mol. The van der Waals surface area contributed by atoms with Crippen molar-refractivity contribution in [2.45, 2.75) is 18.9 Å². The van der Waals surface area contributed by atoms with Crippen LogP contribution < -0.4 is 4.74 Å². The number of nitrogens with zero attached hydrogens (tertiary/aromatic N) is 6. The Kier molecular flexibility index (Phi) is 4.55. The first-order valence-electron chi connectivity index (χ1n) is 8.49. The summed E-state index contributed by atoms with van der Waals surface area (Å²) in [6, 6.07) is 11.2. The molecule has 1 atom stereocenters. The smallest absolute Gasteiger partial charge is 0.276 e. The summed E-state index contributed by atoms with van der Waals surface area (Å²) in [7, 11) is 0. The molecule has 1 saturated heterocycles. The van der Waals surface area contributed by atoms with Crippen molar-refractivity contribution < 1.29 is 9.53 Å². The van der Waals surface area contributed by atoms with E-state index in [4.69, 9.17) is 4.74 Å². The van der Waals surface area contributed by atoms with E-state index in [1.54, 1.807) is 17.2 Å². The highest BCUT2D eigenvalue weighted by atomic mass is 16.5. The molecule has 1 aliphatic heterocycles. The van der Waals surface area contributed by atoms with Gasteiger partial charge in [-0.1, -0.05) is 18.2 Å². The molecule has 1 unspecified atom stereocenters. The lowest BCUT2D eigenvalue weighted by Crippen LogP contribution is -2.44. The third kappa shape index (κ3) is 3.53. The first-order chi connectivity index (χ1) is 12.8. The Bertz CT molecular complexity index is 868. The van der Waals surface area contributed by atoms with Gasteiger partial charge in [-0.15, -0.1) is 5.10 Å². The van der Waals surface area contributed by atoms with Crippen molar-refractivity contribution in [2.75, 3.05) is 13.1 Å². The summed E-state index contributed by atoms with van der Waals surface area (Å²) >= 11 is 0. The van der Waals surface area contributed by atoms with Crippen LogP contribution in [0.3, 0.4) is 0 Å². The van der Waals surface area contributed by atoms with Gasteiger partial charge in [-0.05, 0) is 25.0 Å². The molecule has 0 saturated carbocycles. The zero-order valence-corrected chi connectivity index (χ0v) is 14.1. The second-order valence-corrected chi connectivity index (χ2v) is 6.04. The highest BCUT2D eigenvalue weighted by Crippen LogP contribution is 2.17. The number of para-hydroxylation sites is 1. The Morgan fingerprint density at radius 1 is 1.19 bits per heavy atom. The van der Waals surface area contributed by atoms with E-state index in [9.17, 15) is 4.79 Å². The summed E-state index contributed by atoms with van der Waals surface area (Å²) in [5.41, 5.74) is 1.15. The molecule has 0 radical (unpaired) electrons. The molecule has 1 aliphatic rings. The van der Waals surface area contributed by atoms with Gasteiger partial charge in [-0.25, -0.2) is 9.97 Å². The van der Waals surface area contributed by atoms with Crippen molar-refractivity contribution in [1.82, 2.24) is 29.9 Å². The minimum Gasteiger partial charge on any atom is -0.472 e. The molecule has 3 heterocycles. The highest BCUT2D eigenvalue weighted by molar-refractivity contribution is 5.92. The standard InChI is InChI=1S/C18H18N6O2/c25-18(16-11-21-24(22-16)14-5-2-1-3-6-14)23-10-4-7-15(12-23)26-17-8-9-19-13-20-17/h1-3,5-6,8-9,11,13,15H,4,7,10,12H2. The summed E-state index contributed by atoms with van der Waals surface area (Å²) in [6.07, 6.45) is 6.24. The number of aromatic nitrogens is 5. The summed E-state index contributed by atoms with van der Waals surface area (Å²) in [5.74, 6) is 0.387. The van der Waals surface area contributed by atoms with Crippen LogP contribution in [-0.4, -0.2) is 55.0 Å². The Hall–Kier alpha value is -3.29. The molecule has 1 amide bonds. The summed E-state index contributed by atoms with van der Waals surface area (Å²) in [4.78, 5) is 23.9. The molecule has 0 spiro atoms. The molecule has 132 valence electrons. The van der Waals surface area contributed by atoms with Crippen molar-refractivity contribution >= 4 is 5.91 Å². The average Bonchev–Trinajstić information content (AvgIpc) is 3.19. The van der Waals surface area contributed by atoms with Gasteiger partial charge in [-0.2, -0.15) is 9.90 Å². The molecule has 2 aromatic heterocycles. The number of ether oxygens (including phenoxy) is 1. The van der Waals surface area contributed by atoms with E-state index in [1.807, 2.05) is 30.3 Å². The van der Waals surface area contributed by atoms with Crippen molar-refractivity contribution in [2.24, 2.45) is 0 Å². The highest BCUT2D eigenvalue weighted by Gasteiger charge is 2.27. The number of piperidine rings is 1. The van der Waals surface area contributed by atoms with Gasteiger partial charge in [0.25, 0.3) is 5.91 Å². The Morgan fingerprint density at radius 2 is 2.08 bits per heavy atom. The van der Waals surface area contributed by atoms with Gasteiger partial charge in [-0.3, -0.25) is 4.79 Å². The van der Waals surface area contributed by atoms with Gasteiger partial charge in [0.1, 0.15) is 12.4 Å². The van der Waals surface area contributed by atoms with Crippen LogP contribution in [0.1, 0.15) is 23.3 Å². The first kappa shape index (κ1) is 16.2. The maximum atomic E-state index is 12.8. The number of benzene rings is 1. The van der Waals surface area contributed by atoms with E-state index in [-0.39, 0.29) is 12.0 Å². The SMILES string of the molecule is O=C(c1cnn(-c2ccccc2)n1)N1CCCC(Oc2ccncn2)C1. The quantitative estimate of drug-likeness (QED) is 0.712. The van der Waals surface area contributed by atoms with Gasteiger partial charge in [0.2, 0.25) is 5.88 Å². The Labute approximate surface area is 150 Å². The summed E-state index contributed by atoms with van der Waals surface area (Å²) in [5, 5.41) is 8.52. The van der Waals surface area contributed by atoms with Crippen molar-refractivity contribution in [3.63, 3.8) is 0 Å². The number of carbonyl (C=O) groups excluding carboxylic acids is 1. The molecule has 26 heavy (non-hydrogen) atoms. The minimum absolute atomic E-state index is 0.0910. The van der Waals surface area contributed by atoms with Crippen LogP contribution in [0.5, 0.6) is 5.88 Å². The number of amides is 1. The molecule has 1 fully saturated rings. The van der Waals surface area contributed by atoms with Gasteiger partial charge in [0.15, 0.2) is 5.69 Å². The second kappa shape index (κ2) is 7.30. The van der Waals surface area contributed by atoms with E-state index in [0.29, 0.717) is 24.7 Å². The monoisotopic (exact) mass is 350 g/mol. The largest absolute Gasteiger partial charge is 0.472 e. The fraction of sp³-hybridized carbons (Fsp3) is 0.278. The molecule has 0 N–H and O–H groups in total. The molecule has 8 heteroatoms. The summed E-state index contributed by atoms with van der Waals surface area (Å²) < 4.78 is 5.86. The van der Waals surface area contributed by atoms with Crippen LogP contribution in [0, 0.1) is 0 Å². The number of likely N-dealkylation sites (tertiary alicyclic amines) is 1. The van der Waals surface area contributed by atoms with Crippen LogP contribution in [0.4, 0.5) is 0 Å². The average molecular weight is 350 g/mol. The van der Waals surface area contributed by atoms with E-state index < -0.39 is 0 Å². The van der Waals surface area contributed by atoms with Crippen LogP contribution in [0.15, 0.2) is 55.1 Å². The van der Waals surface area contributed by atoms with Crippen LogP contribution >= 0.6 is 0 Å². The maximum absolute atomic E-state index is 12.8. The lowest BCUT2D eigenvalue weighted by molar-refractivity contribution is 0.0522. The third-order valence-electron chi connectivity index (χ3n) is 4.21. The number of carbonyl (C=O) groups is 1. The topological polar surface area (TPSA) is 86.0 Å². The molecule has 1 aromatic carbocycles. The third-order valence-corrected chi connectivity index (χ3v) is 4.21. The van der Waals surface area contributed by atoms with Crippen molar-refractivity contribution in [3.05, 3.63) is 60.8 Å². The number of rotatable bonds is 4. The lowest BCUT2D eigenvalue weighted by Gasteiger charge is -2.32. The predicted octanol–water partition coefficient (Wildman–Crippen LogP) is 1.74. The molecule has 0 aliphatic carbocycles. The Morgan fingerprint density at radius 3 is 2.88 bits per heavy atom. The molecule has 3 aromatic rings. The number of hydrogen-bond acceptors (Lipinski definition) is 6. The summed E-state index contributed by atoms with van der Waals surface area (Å²) in [6.45, 7) is 1.18. The fourth-order valence-corrected chi connectivity index (χ4v) is 2.95. The minimum atomic E-state index is -0.136. The molecule has 8 nitrogen and oxygen atoms in total. The molecule has 4 rings (SSSR count). The van der Waals surface area contributed by atoms with Gasteiger partial charge in [0, 0.05) is 18.8 Å². The fourth-order valence-electron chi connectivity index (χ4n) is 2.95. The maximum Gasteiger partial charge on any atom is 0.276 e. The van der Waals surface area contributed by atoms with Crippen molar-refractivity contribution in [1.29, 1.82) is 0 Å². The molecule has 0 bridgehead atoms. The zero-order valence-electron chi connectivity index (χ0n) is 14.1. The van der Waals surface area contributed by atoms with E-state index in [0.717, 1.165) is 18.5 Å². The Balaban J connectivity index is 1.44.